The quantitative estimate of drug-likeness (QED) is 0.512. The maximum absolute atomic E-state index is 11.8. The fourth-order valence-corrected chi connectivity index (χ4v) is 1.81. The molecule has 1 saturated heterocycles. The molecule has 0 saturated carbocycles. The van der Waals surface area contributed by atoms with Gasteiger partial charge in [-0.05, 0) is 19.8 Å². The molecule has 114 valence electrons. The van der Waals surface area contributed by atoms with Gasteiger partial charge in [-0.2, -0.15) is 0 Å². The molecule has 0 aromatic rings. The van der Waals surface area contributed by atoms with Crippen molar-refractivity contribution < 1.29 is 29.0 Å². The highest BCUT2D eigenvalue weighted by Crippen LogP contribution is 2.19. The second kappa shape index (κ2) is 7.81. The van der Waals surface area contributed by atoms with Gasteiger partial charge in [-0.3, -0.25) is 9.59 Å². The summed E-state index contributed by atoms with van der Waals surface area (Å²) in [6.07, 6.45) is -1.13. The highest BCUT2D eigenvalue weighted by atomic mass is 16.5. The Bertz CT molecular complexity index is 373. The van der Waals surface area contributed by atoms with Gasteiger partial charge in [-0.15, -0.1) is 0 Å². The van der Waals surface area contributed by atoms with Gasteiger partial charge in [0.05, 0.1) is 6.61 Å². The van der Waals surface area contributed by atoms with Crippen molar-refractivity contribution in [1.82, 2.24) is 10.6 Å². The molecule has 3 atom stereocenters. The van der Waals surface area contributed by atoms with Crippen LogP contribution in [-0.4, -0.2) is 61.4 Å². The Morgan fingerprint density at radius 2 is 2.00 bits per heavy atom. The van der Waals surface area contributed by atoms with E-state index in [2.05, 4.69) is 10.6 Å². The Balaban J connectivity index is 2.34. The topological polar surface area (TPSA) is 114 Å². The van der Waals surface area contributed by atoms with E-state index in [0.29, 0.717) is 26.0 Å². The molecular weight excluding hydrogens is 268 g/mol. The average molecular weight is 288 g/mol. The number of methoxy groups -OCH3 is 1. The summed E-state index contributed by atoms with van der Waals surface area (Å²) >= 11 is 0. The Labute approximate surface area is 116 Å². The Morgan fingerprint density at radius 1 is 1.35 bits per heavy atom. The summed E-state index contributed by atoms with van der Waals surface area (Å²) in [7, 11) is 1.52. The first kappa shape index (κ1) is 16.4. The van der Waals surface area contributed by atoms with Crippen LogP contribution >= 0.6 is 0 Å². The third-order valence-corrected chi connectivity index (χ3v) is 2.94. The fourth-order valence-electron chi connectivity index (χ4n) is 1.81. The first-order valence-corrected chi connectivity index (χ1v) is 6.41. The summed E-state index contributed by atoms with van der Waals surface area (Å²) in [4.78, 5) is 34.2. The second-order valence-electron chi connectivity index (χ2n) is 4.54. The van der Waals surface area contributed by atoms with Crippen LogP contribution < -0.4 is 10.6 Å². The molecule has 2 amide bonds. The standard InChI is InChI=1S/C12H20N2O6/c1-7(10(15)13-5-6-19-2)14-11(16)8-3-4-9(20-8)12(17)18/h7-9H,3-6H2,1-2H3,(H,13,15)(H,14,16)(H,17,18). The van der Waals surface area contributed by atoms with Crippen LogP contribution in [0.3, 0.4) is 0 Å². The largest absolute Gasteiger partial charge is 0.479 e. The van der Waals surface area contributed by atoms with Gasteiger partial charge < -0.3 is 25.2 Å². The van der Waals surface area contributed by atoms with E-state index in [0.717, 1.165) is 0 Å². The van der Waals surface area contributed by atoms with E-state index in [-0.39, 0.29) is 5.91 Å². The number of rotatable bonds is 7. The zero-order chi connectivity index (χ0) is 15.1. The lowest BCUT2D eigenvalue weighted by Gasteiger charge is -2.17. The van der Waals surface area contributed by atoms with Crippen molar-refractivity contribution in [3.05, 3.63) is 0 Å². The smallest absolute Gasteiger partial charge is 0.332 e. The van der Waals surface area contributed by atoms with Crippen molar-refractivity contribution in [2.75, 3.05) is 20.3 Å². The summed E-state index contributed by atoms with van der Waals surface area (Å²) in [6.45, 7) is 2.29. The van der Waals surface area contributed by atoms with Crippen LogP contribution in [0.25, 0.3) is 0 Å². The maximum Gasteiger partial charge on any atom is 0.332 e. The third-order valence-electron chi connectivity index (χ3n) is 2.94. The molecule has 3 unspecified atom stereocenters. The van der Waals surface area contributed by atoms with Crippen molar-refractivity contribution in [1.29, 1.82) is 0 Å². The minimum absolute atomic E-state index is 0.293. The SMILES string of the molecule is COCCNC(=O)C(C)NC(=O)C1CCC(C(=O)O)O1. The maximum atomic E-state index is 11.8. The zero-order valence-corrected chi connectivity index (χ0v) is 11.5. The van der Waals surface area contributed by atoms with E-state index >= 15 is 0 Å². The fraction of sp³-hybridized carbons (Fsp3) is 0.750. The number of carboxylic acids is 1. The van der Waals surface area contributed by atoms with E-state index in [1.165, 1.54) is 7.11 Å². The predicted molar refractivity (Wildman–Crippen MR) is 68.0 cm³/mol. The Kier molecular flexibility index (Phi) is 6.40. The van der Waals surface area contributed by atoms with E-state index in [4.69, 9.17) is 14.6 Å². The molecule has 1 aliphatic rings. The van der Waals surface area contributed by atoms with Gasteiger partial charge in [0.25, 0.3) is 0 Å². The molecule has 0 aromatic carbocycles. The Morgan fingerprint density at radius 3 is 2.55 bits per heavy atom. The highest BCUT2D eigenvalue weighted by Gasteiger charge is 2.35. The van der Waals surface area contributed by atoms with Crippen LogP contribution in [0.2, 0.25) is 0 Å². The van der Waals surface area contributed by atoms with Gasteiger partial charge in [0.1, 0.15) is 12.1 Å². The van der Waals surface area contributed by atoms with E-state index < -0.39 is 30.1 Å². The van der Waals surface area contributed by atoms with Crippen LogP contribution in [0, 0.1) is 0 Å². The molecule has 1 rings (SSSR count). The molecule has 0 aromatic heterocycles. The number of aliphatic carboxylic acids is 1. The molecule has 0 radical (unpaired) electrons. The number of carbonyl (C=O) groups excluding carboxylic acids is 2. The zero-order valence-electron chi connectivity index (χ0n) is 11.5. The van der Waals surface area contributed by atoms with Crippen molar-refractivity contribution in [3.8, 4) is 0 Å². The molecular formula is C12H20N2O6. The lowest BCUT2D eigenvalue weighted by molar-refractivity contribution is -0.152. The number of ether oxygens (including phenoxy) is 2. The number of hydrogen-bond donors (Lipinski definition) is 3. The van der Waals surface area contributed by atoms with Gasteiger partial charge in [-0.25, -0.2) is 4.79 Å². The van der Waals surface area contributed by atoms with E-state index in [1.807, 2.05) is 0 Å². The van der Waals surface area contributed by atoms with Crippen LogP contribution in [0.4, 0.5) is 0 Å². The van der Waals surface area contributed by atoms with Crippen LogP contribution in [-0.2, 0) is 23.9 Å². The van der Waals surface area contributed by atoms with Gasteiger partial charge in [0.15, 0.2) is 6.10 Å². The number of carbonyl (C=O) groups is 3. The minimum Gasteiger partial charge on any atom is -0.479 e. The van der Waals surface area contributed by atoms with Crippen LogP contribution in [0.15, 0.2) is 0 Å². The van der Waals surface area contributed by atoms with Gasteiger partial charge >= 0.3 is 5.97 Å². The van der Waals surface area contributed by atoms with Crippen molar-refractivity contribution in [3.63, 3.8) is 0 Å². The van der Waals surface area contributed by atoms with Crippen LogP contribution in [0.1, 0.15) is 19.8 Å². The predicted octanol–water partition coefficient (Wildman–Crippen LogP) is -1.11. The highest BCUT2D eigenvalue weighted by molar-refractivity contribution is 5.89. The van der Waals surface area contributed by atoms with E-state index in [1.54, 1.807) is 6.92 Å². The van der Waals surface area contributed by atoms with Crippen molar-refractivity contribution in [2.45, 2.75) is 38.0 Å². The Hall–Kier alpha value is -1.67. The minimum atomic E-state index is -1.08. The third kappa shape index (κ3) is 4.78. The van der Waals surface area contributed by atoms with Crippen molar-refractivity contribution in [2.24, 2.45) is 0 Å². The molecule has 20 heavy (non-hydrogen) atoms. The number of hydrogen-bond acceptors (Lipinski definition) is 5. The number of carboxylic acid groups (broad SMARTS) is 1. The second-order valence-corrected chi connectivity index (χ2v) is 4.54. The van der Waals surface area contributed by atoms with Gasteiger partial charge in [-0.1, -0.05) is 0 Å². The summed E-state index contributed by atoms with van der Waals surface area (Å²) in [6, 6.07) is -0.716. The molecule has 0 bridgehead atoms. The first-order valence-electron chi connectivity index (χ1n) is 6.41. The molecule has 0 aliphatic carbocycles. The average Bonchev–Trinajstić information content (AvgIpc) is 2.88. The molecule has 8 nitrogen and oxygen atoms in total. The normalized spacial score (nSPS) is 23.1. The number of nitrogens with one attached hydrogen (secondary N) is 2. The molecule has 1 heterocycles. The first-order chi connectivity index (χ1) is 9.45. The van der Waals surface area contributed by atoms with Crippen molar-refractivity contribution >= 4 is 17.8 Å². The van der Waals surface area contributed by atoms with Gasteiger partial charge in [0.2, 0.25) is 11.8 Å². The summed E-state index contributed by atoms with van der Waals surface area (Å²) < 4.78 is 9.89. The van der Waals surface area contributed by atoms with Crippen LogP contribution in [0.5, 0.6) is 0 Å². The van der Waals surface area contributed by atoms with Gasteiger partial charge in [0, 0.05) is 13.7 Å². The molecule has 1 aliphatic heterocycles. The summed E-state index contributed by atoms with van der Waals surface area (Å²) in [5, 5.41) is 13.9. The van der Waals surface area contributed by atoms with E-state index in [9.17, 15) is 14.4 Å². The molecule has 3 N–H and O–H groups in total. The summed E-state index contributed by atoms with van der Waals surface area (Å²) in [5.41, 5.74) is 0. The summed E-state index contributed by atoms with van der Waals surface area (Å²) in [5.74, 6) is -1.88. The molecule has 1 fully saturated rings. The molecule has 0 spiro atoms. The lowest BCUT2D eigenvalue weighted by atomic mass is 10.2. The molecule has 8 heteroatoms. The number of amides is 2. The lowest BCUT2D eigenvalue weighted by Crippen LogP contribution is -2.48. The monoisotopic (exact) mass is 288 g/mol.